The second kappa shape index (κ2) is 6.05. The van der Waals surface area contributed by atoms with Crippen LogP contribution in [0, 0.1) is 0 Å². The van der Waals surface area contributed by atoms with E-state index in [1.165, 1.54) is 0 Å². The fourth-order valence-electron chi connectivity index (χ4n) is 2.09. The van der Waals surface area contributed by atoms with Crippen molar-refractivity contribution in [2.24, 2.45) is 0 Å². The van der Waals surface area contributed by atoms with Gasteiger partial charge in [0.1, 0.15) is 11.2 Å². The molecule has 0 aliphatic carbocycles. The smallest absolute Gasteiger partial charge is 0.192 e. The molecule has 1 saturated heterocycles. The molecule has 20 heavy (non-hydrogen) atoms. The van der Waals surface area contributed by atoms with Gasteiger partial charge in [0.15, 0.2) is 8.32 Å². The van der Waals surface area contributed by atoms with Gasteiger partial charge in [-0.2, -0.15) is 0 Å². The number of hydrogen-bond donors (Lipinski definition) is 1. The molecule has 0 aromatic rings. The van der Waals surface area contributed by atoms with Crippen LogP contribution in [0.25, 0.3) is 0 Å². The minimum atomic E-state index is -1.80. The van der Waals surface area contributed by atoms with E-state index in [9.17, 15) is 5.11 Å². The van der Waals surface area contributed by atoms with Gasteiger partial charge in [0.05, 0.1) is 13.2 Å². The summed E-state index contributed by atoms with van der Waals surface area (Å²) in [4.78, 5) is 11.1. The maximum Gasteiger partial charge on any atom is 0.192 e. The summed E-state index contributed by atoms with van der Waals surface area (Å²) in [6, 6.07) is 0. The maximum absolute atomic E-state index is 9.56. The molecule has 0 bridgehead atoms. The first-order valence-electron chi connectivity index (χ1n) is 7.67. The Bertz CT molecular complexity index is 320. The molecule has 1 aliphatic heterocycles. The third-order valence-corrected chi connectivity index (χ3v) is 9.60. The molecule has 1 N–H and O–H groups in total. The summed E-state index contributed by atoms with van der Waals surface area (Å²) >= 11 is 0. The van der Waals surface area contributed by atoms with Crippen LogP contribution in [0.3, 0.4) is 0 Å². The van der Waals surface area contributed by atoms with Crippen molar-refractivity contribution in [2.75, 3.05) is 13.2 Å². The van der Waals surface area contributed by atoms with Gasteiger partial charge in [-0.15, -0.1) is 0 Å². The SMILES string of the molecule is CCC1(CO)CC(CC)(CO[Si](C)(C)C(C)(C)C)OO1. The minimum Gasteiger partial charge on any atom is -0.414 e. The van der Waals surface area contributed by atoms with E-state index in [0.29, 0.717) is 13.0 Å². The Balaban J connectivity index is 2.75. The quantitative estimate of drug-likeness (QED) is 0.601. The lowest BCUT2D eigenvalue weighted by atomic mass is 9.85. The summed E-state index contributed by atoms with van der Waals surface area (Å²) < 4.78 is 6.31. The molecule has 1 heterocycles. The highest BCUT2D eigenvalue weighted by molar-refractivity contribution is 6.74. The maximum atomic E-state index is 9.56. The van der Waals surface area contributed by atoms with Crippen molar-refractivity contribution in [1.82, 2.24) is 0 Å². The Labute approximate surface area is 124 Å². The summed E-state index contributed by atoms with van der Waals surface area (Å²) in [6.45, 7) is 15.8. The van der Waals surface area contributed by atoms with E-state index in [1.54, 1.807) is 0 Å². The lowest BCUT2D eigenvalue weighted by Gasteiger charge is -2.38. The Kier molecular flexibility index (Phi) is 5.47. The highest BCUT2D eigenvalue weighted by Crippen LogP contribution is 2.43. The third-order valence-electron chi connectivity index (χ3n) is 5.12. The van der Waals surface area contributed by atoms with E-state index in [4.69, 9.17) is 14.2 Å². The molecule has 0 aromatic carbocycles. The van der Waals surface area contributed by atoms with Crippen molar-refractivity contribution in [3.8, 4) is 0 Å². The summed E-state index contributed by atoms with van der Waals surface area (Å²) in [6.07, 6.45) is 2.26. The Morgan fingerprint density at radius 3 is 1.95 bits per heavy atom. The van der Waals surface area contributed by atoms with Crippen LogP contribution >= 0.6 is 0 Å². The van der Waals surface area contributed by atoms with Gasteiger partial charge in [0, 0.05) is 6.42 Å². The van der Waals surface area contributed by atoms with E-state index < -0.39 is 19.5 Å². The normalized spacial score (nSPS) is 31.8. The van der Waals surface area contributed by atoms with Crippen molar-refractivity contribution >= 4 is 8.32 Å². The van der Waals surface area contributed by atoms with E-state index >= 15 is 0 Å². The van der Waals surface area contributed by atoms with Gasteiger partial charge in [-0.3, -0.25) is 0 Å². The molecule has 2 atom stereocenters. The average Bonchev–Trinajstić information content (AvgIpc) is 2.76. The summed E-state index contributed by atoms with van der Waals surface area (Å²) in [7, 11) is -1.80. The first kappa shape index (κ1) is 18.1. The second-order valence-electron chi connectivity index (χ2n) is 7.62. The average molecular weight is 305 g/mol. The number of rotatable bonds is 6. The molecular formula is C15H32O4Si. The molecule has 4 nitrogen and oxygen atoms in total. The zero-order valence-corrected chi connectivity index (χ0v) is 15.2. The third kappa shape index (κ3) is 3.63. The van der Waals surface area contributed by atoms with Gasteiger partial charge in [-0.1, -0.05) is 34.6 Å². The molecular weight excluding hydrogens is 272 g/mol. The van der Waals surface area contributed by atoms with Crippen molar-refractivity contribution in [2.45, 2.75) is 83.2 Å². The summed E-state index contributed by atoms with van der Waals surface area (Å²) in [5.74, 6) is 0. The molecule has 0 saturated carbocycles. The molecule has 120 valence electrons. The molecule has 1 fully saturated rings. The fraction of sp³-hybridized carbons (Fsp3) is 1.00. The van der Waals surface area contributed by atoms with Crippen molar-refractivity contribution in [3.63, 3.8) is 0 Å². The molecule has 5 heteroatoms. The minimum absolute atomic E-state index is 0.00859. The fourth-order valence-corrected chi connectivity index (χ4v) is 3.15. The predicted octanol–water partition coefficient (Wildman–Crippen LogP) is 3.65. The monoisotopic (exact) mass is 304 g/mol. The molecule has 1 aliphatic rings. The Morgan fingerprint density at radius 2 is 1.60 bits per heavy atom. The molecule has 0 amide bonds. The van der Waals surface area contributed by atoms with Gasteiger partial charge in [0.2, 0.25) is 0 Å². The Morgan fingerprint density at radius 1 is 1.10 bits per heavy atom. The summed E-state index contributed by atoms with van der Waals surface area (Å²) in [5.41, 5.74) is -0.985. The van der Waals surface area contributed by atoms with Gasteiger partial charge >= 0.3 is 0 Å². The van der Waals surface area contributed by atoms with Crippen LogP contribution in [-0.2, 0) is 14.2 Å². The van der Waals surface area contributed by atoms with Crippen LogP contribution in [0.2, 0.25) is 18.1 Å². The largest absolute Gasteiger partial charge is 0.414 e. The van der Waals surface area contributed by atoms with Gasteiger partial charge in [-0.05, 0) is 31.0 Å². The molecule has 0 spiro atoms. The van der Waals surface area contributed by atoms with Crippen LogP contribution < -0.4 is 0 Å². The predicted molar refractivity (Wildman–Crippen MR) is 83.1 cm³/mol. The number of hydrogen-bond acceptors (Lipinski definition) is 4. The van der Waals surface area contributed by atoms with Crippen LogP contribution in [0.15, 0.2) is 0 Å². The van der Waals surface area contributed by atoms with E-state index in [0.717, 1.165) is 12.8 Å². The molecule has 0 aromatic heterocycles. The Hall–Kier alpha value is 0.0569. The lowest BCUT2D eigenvalue weighted by Crippen LogP contribution is -2.46. The van der Waals surface area contributed by atoms with Crippen LogP contribution in [0.1, 0.15) is 53.9 Å². The standard InChI is InChI=1S/C15H32O4Si/c1-8-14(11-16)10-15(9-2,19-18-14)12-17-20(6,7)13(3,4)5/h16H,8-12H2,1-7H3. The molecule has 2 unspecified atom stereocenters. The lowest BCUT2D eigenvalue weighted by molar-refractivity contribution is -0.358. The van der Waals surface area contributed by atoms with Gasteiger partial charge in [0.25, 0.3) is 0 Å². The van der Waals surface area contributed by atoms with E-state index in [-0.39, 0.29) is 11.6 Å². The highest BCUT2D eigenvalue weighted by atomic mass is 28.4. The van der Waals surface area contributed by atoms with Crippen LogP contribution in [-0.4, -0.2) is 37.8 Å². The zero-order valence-electron chi connectivity index (χ0n) is 14.2. The number of aliphatic hydroxyl groups excluding tert-OH is 1. The molecule has 0 radical (unpaired) electrons. The highest BCUT2D eigenvalue weighted by Gasteiger charge is 2.51. The first-order chi connectivity index (χ1) is 9.05. The van der Waals surface area contributed by atoms with Crippen LogP contribution in [0.5, 0.6) is 0 Å². The van der Waals surface area contributed by atoms with Gasteiger partial charge in [-0.25, -0.2) is 9.78 Å². The van der Waals surface area contributed by atoms with Gasteiger partial charge < -0.3 is 9.53 Å². The van der Waals surface area contributed by atoms with Crippen molar-refractivity contribution < 1.29 is 19.3 Å². The zero-order chi connectivity index (χ0) is 15.7. The number of aliphatic hydroxyl groups is 1. The van der Waals surface area contributed by atoms with Crippen molar-refractivity contribution in [1.29, 1.82) is 0 Å². The first-order valence-corrected chi connectivity index (χ1v) is 10.6. The van der Waals surface area contributed by atoms with Crippen LogP contribution in [0.4, 0.5) is 0 Å². The second-order valence-corrected chi connectivity index (χ2v) is 12.4. The topological polar surface area (TPSA) is 47.9 Å². The van der Waals surface area contributed by atoms with Crippen molar-refractivity contribution in [3.05, 3.63) is 0 Å². The van der Waals surface area contributed by atoms with E-state index in [1.807, 2.05) is 6.92 Å². The van der Waals surface area contributed by atoms with E-state index in [2.05, 4.69) is 40.8 Å². The summed E-state index contributed by atoms with van der Waals surface area (Å²) in [5, 5.41) is 9.75. The molecule has 1 rings (SSSR count).